The zero-order valence-corrected chi connectivity index (χ0v) is 16.9. The minimum Gasteiger partial charge on any atom is -0.497 e. The van der Waals surface area contributed by atoms with Crippen molar-refractivity contribution in [2.45, 2.75) is 38.3 Å². The maximum Gasteiger partial charge on any atom is 0.119 e. The van der Waals surface area contributed by atoms with Gasteiger partial charge in [0.2, 0.25) is 0 Å². The van der Waals surface area contributed by atoms with Gasteiger partial charge in [-0.1, -0.05) is 24.3 Å². The fourth-order valence-corrected chi connectivity index (χ4v) is 4.83. The van der Waals surface area contributed by atoms with E-state index < -0.39 is 0 Å². The predicted octanol–water partition coefficient (Wildman–Crippen LogP) is 3.72. The molecule has 2 aromatic rings. The number of aliphatic hydroxyl groups is 1. The van der Waals surface area contributed by atoms with Gasteiger partial charge in [-0.3, -0.25) is 4.90 Å². The maximum atomic E-state index is 9.35. The van der Waals surface area contributed by atoms with Crippen molar-refractivity contribution < 1.29 is 9.84 Å². The van der Waals surface area contributed by atoms with Gasteiger partial charge in [0.05, 0.1) is 13.7 Å². The first-order valence-electron chi connectivity index (χ1n) is 10.6. The number of aliphatic hydroxyl groups excluding tert-OH is 1. The van der Waals surface area contributed by atoms with E-state index in [9.17, 15) is 5.11 Å². The molecule has 1 N–H and O–H groups in total. The van der Waals surface area contributed by atoms with Gasteiger partial charge in [0.1, 0.15) is 5.75 Å². The van der Waals surface area contributed by atoms with Gasteiger partial charge in [-0.15, -0.1) is 0 Å². The van der Waals surface area contributed by atoms with Crippen LogP contribution in [0, 0.1) is 5.92 Å². The van der Waals surface area contributed by atoms with Gasteiger partial charge in [0.15, 0.2) is 0 Å². The summed E-state index contributed by atoms with van der Waals surface area (Å²) in [5.74, 6) is 1.67. The molecule has 2 aromatic carbocycles. The zero-order chi connectivity index (χ0) is 19.3. The first kappa shape index (κ1) is 19.3. The van der Waals surface area contributed by atoms with Gasteiger partial charge < -0.3 is 14.7 Å². The third-order valence-corrected chi connectivity index (χ3v) is 6.43. The lowest BCUT2D eigenvalue weighted by Gasteiger charge is -2.38. The van der Waals surface area contributed by atoms with Crippen LogP contribution >= 0.6 is 0 Å². The second kappa shape index (κ2) is 8.97. The third kappa shape index (κ3) is 4.50. The molecule has 150 valence electrons. The average Bonchev–Trinajstić information content (AvgIpc) is 3.22. The number of hydrogen-bond acceptors (Lipinski definition) is 4. The summed E-state index contributed by atoms with van der Waals surface area (Å²) in [6, 6.07) is 17.6. The van der Waals surface area contributed by atoms with Crippen LogP contribution in [0.2, 0.25) is 0 Å². The number of piperidine rings is 1. The minimum absolute atomic E-state index is 0.136. The molecule has 0 aliphatic carbocycles. The number of rotatable bonds is 6. The predicted molar refractivity (Wildman–Crippen MR) is 114 cm³/mol. The van der Waals surface area contributed by atoms with Crippen molar-refractivity contribution >= 4 is 5.69 Å². The van der Waals surface area contributed by atoms with Crippen LogP contribution in [0.25, 0.3) is 0 Å². The Balaban J connectivity index is 1.27. The number of methoxy groups -OCH3 is 1. The number of nitrogens with zero attached hydrogens (tertiary/aromatic N) is 2. The van der Waals surface area contributed by atoms with Crippen molar-refractivity contribution in [2.24, 2.45) is 5.92 Å². The first-order chi connectivity index (χ1) is 13.7. The lowest BCUT2D eigenvalue weighted by atomic mass is 9.97. The summed E-state index contributed by atoms with van der Waals surface area (Å²) in [4.78, 5) is 5.23. The van der Waals surface area contributed by atoms with Crippen LogP contribution in [0.5, 0.6) is 5.75 Å². The summed E-state index contributed by atoms with van der Waals surface area (Å²) in [5, 5.41) is 9.35. The van der Waals surface area contributed by atoms with Crippen LogP contribution in [0.4, 0.5) is 5.69 Å². The average molecular weight is 381 g/mol. The van der Waals surface area contributed by atoms with Gasteiger partial charge in [-0.25, -0.2) is 0 Å². The Labute approximate surface area is 168 Å². The molecule has 0 spiro atoms. The van der Waals surface area contributed by atoms with E-state index in [1.54, 1.807) is 7.11 Å². The van der Waals surface area contributed by atoms with Crippen LogP contribution in [0.3, 0.4) is 0 Å². The third-order valence-electron chi connectivity index (χ3n) is 6.43. The Kier molecular flexibility index (Phi) is 6.18. The molecule has 1 atom stereocenters. The topological polar surface area (TPSA) is 35.9 Å². The molecule has 0 unspecified atom stereocenters. The molecule has 2 aliphatic rings. The number of ether oxygens (including phenoxy) is 1. The van der Waals surface area contributed by atoms with Crippen molar-refractivity contribution in [2.75, 3.05) is 38.2 Å². The summed E-state index contributed by atoms with van der Waals surface area (Å²) in [5.41, 5.74) is 3.70. The lowest BCUT2D eigenvalue weighted by Crippen LogP contribution is -2.44. The normalized spacial score (nSPS) is 21.2. The van der Waals surface area contributed by atoms with E-state index in [-0.39, 0.29) is 6.61 Å². The molecule has 4 rings (SSSR count). The van der Waals surface area contributed by atoms with Gasteiger partial charge in [0.25, 0.3) is 0 Å². The van der Waals surface area contributed by atoms with Crippen LogP contribution < -0.4 is 9.64 Å². The second-order valence-electron chi connectivity index (χ2n) is 8.25. The molecule has 2 fully saturated rings. The summed E-state index contributed by atoms with van der Waals surface area (Å²) < 4.78 is 5.27. The van der Waals surface area contributed by atoms with E-state index in [2.05, 4.69) is 52.3 Å². The van der Waals surface area contributed by atoms with E-state index in [1.165, 1.54) is 43.6 Å². The number of benzene rings is 2. The molecule has 28 heavy (non-hydrogen) atoms. The van der Waals surface area contributed by atoms with Gasteiger partial charge in [0, 0.05) is 31.4 Å². The Morgan fingerprint density at radius 2 is 1.71 bits per heavy atom. The van der Waals surface area contributed by atoms with Gasteiger partial charge >= 0.3 is 0 Å². The molecule has 0 radical (unpaired) electrons. The Bertz CT molecular complexity index is 753. The van der Waals surface area contributed by atoms with Crippen LogP contribution in [0.15, 0.2) is 48.5 Å². The van der Waals surface area contributed by atoms with Gasteiger partial charge in [-0.2, -0.15) is 0 Å². The Morgan fingerprint density at radius 3 is 2.43 bits per heavy atom. The highest BCUT2D eigenvalue weighted by Gasteiger charge is 2.30. The van der Waals surface area contributed by atoms with Crippen molar-refractivity contribution in [3.05, 3.63) is 59.7 Å². The molecule has 4 heteroatoms. The summed E-state index contributed by atoms with van der Waals surface area (Å²) in [7, 11) is 1.72. The maximum absolute atomic E-state index is 9.35. The molecule has 2 saturated heterocycles. The van der Waals surface area contributed by atoms with Gasteiger partial charge in [-0.05, 0) is 73.5 Å². The molecule has 0 saturated carbocycles. The minimum atomic E-state index is 0.136. The fraction of sp³-hybridized carbons (Fsp3) is 0.500. The number of likely N-dealkylation sites (tertiary alicyclic amines) is 1. The first-order valence-corrected chi connectivity index (χ1v) is 10.6. The van der Waals surface area contributed by atoms with Crippen LogP contribution in [-0.2, 0) is 13.0 Å². The largest absolute Gasteiger partial charge is 0.497 e. The molecule has 0 amide bonds. The molecule has 2 aliphatic heterocycles. The number of hydrogen-bond donors (Lipinski definition) is 1. The van der Waals surface area contributed by atoms with E-state index in [0.29, 0.717) is 0 Å². The summed E-state index contributed by atoms with van der Waals surface area (Å²) >= 11 is 0. The van der Waals surface area contributed by atoms with Crippen molar-refractivity contribution in [1.29, 1.82) is 0 Å². The lowest BCUT2D eigenvalue weighted by molar-refractivity contribution is 0.200. The van der Waals surface area contributed by atoms with Crippen LogP contribution in [0.1, 0.15) is 30.4 Å². The van der Waals surface area contributed by atoms with E-state index in [1.807, 2.05) is 6.07 Å². The Morgan fingerprint density at radius 1 is 0.964 bits per heavy atom. The van der Waals surface area contributed by atoms with Crippen molar-refractivity contribution in [3.63, 3.8) is 0 Å². The molecule has 2 heterocycles. The quantitative estimate of drug-likeness (QED) is 0.829. The highest BCUT2D eigenvalue weighted by Crippen LogP contribution is 2.29. The Hall–Kier alpha value is -2.04. The second-order valence-corrected chi connectivity index (χ2v) is 8.25. The van der Waals surface area contributed by atoms with E-state index >= 15 is 0 Å². The molecule has 0 aromatic heterocycles. The zero-order valence-electron chi connectivity index (χ0n) is 16.9. The van der Waals surface area contributed by atoms with E-state index in [4.69, 9.17) is 4.74 Å². The summed E-state index contributed by atoms with van der Waals surface area (Å²) in [6.07, 6.45) is 4.93. The molecular formula is C24H32N2O2. The van der Waals surface area contributed by atoms with Crippen molar-refractivity contribution in [3.8, 4) is 5.75 Å². The van der Waals surface area contributed by atoms with Crippen molar-refractivity contribution in [1.82, 2.24) is 4.90 Å². The molecular weight excluding hydrogens is 348 g/mol. The molecule has 0 bridgehead atoms. The summed E-state index contributed by atoms with van der Waals surface area (Å²) in [6.45, 7) is 4.86. The molecule has 4 nitrogen and oxygen atoms in total. The number of anilines is 1. The van der Waals surface area contributed by atoms with E-state index in [0.717, 1.165) is 42.8 Å². The smallest absolute Gasteiger partial charge is 0.119 e. The SMILES string of the molecule is COc1ccc(N2CCC(N3CC[C@@H](Cc4cccc(CO)c4)C3)CC2)cc1. The standard InChI is InChI=1S/C24H32N2O2/c1-28-24-7-5-22(6-8-24)25-13-10-23(11-14-25)26-12-9-20(17-26)15-19-3-2-4-21(16-19)18-27/h2-8,16,20,23,27H,9-15,17-18H2,1H3/t20-/m0/s1. The monoisotopic (exact) mass is 380 g/mol. The fourth-order valence-electron chi connectivity index (χ4n) is 4.83. The van der Waals surface area contributed by atoms with Crippen LogP contribution in [-0.4, -0.2) is 49.3 Å². The highest BCUT2D eigenvalue weighted by atomic mass is 16.5. The highest BCUT2D eigenvalue weighted by molar-refractivity contribution is 5.49.